The van der Waals surface area contributed by atoms with Crippen molar-refractivity contribution >= 4 is 0 Å². The predicted octanol–water partition coefficient (Wildman–Crippen LogP) is 1.89. The zero-order valence-corrected chi connectivity index (χ0v) is 11.7. The molecule has 1 aliphatic heterocycles. The summed E-state index contributed by atoms with van der Waals surface area (Å²) in [6.07, 6.45) is 1.27. The van der Waals surface area contributed by atoms with Gasteiger partial charge in [0.15, 0.2) is 0 Å². The second-order valence-corrected chi connectivity index (χ2v) is 5.57. The maximum absolute atomic E-state index is 13.1. The Kier molecular flexibility index (Phi) is 4.91. The maximum atomic E-state index is 13.1. The van der Waals surface area contributed by atoms with Crippen molar-refractivity contribution < 1.29 is 9.50 Å². The molecule has 1 fully saturated rings. The first-order valence-electron chi connectivity index (χ1n) is 6.88. The Morgan fingerprint density at radius 3 is 2.89 bits per heavy atom. The number of halogens is 1. The molecule has 1 saturated heterocycles. The molecule has 0 bridgehead atoms. The van der Waals surface area contributed by atoms with Crippen molar-refractivity contribution in [2.75, 3.05) is 33.7 Å². The van der Waals surface area contributed by atoms with Crippen LogP contribution in [0.5, 0.6) is 0 Å². The lowest BCUT2D eigenvalue weighted by Gasteiger charge is -2.21. The van der Waals surface area contributed by atoms with Gasteiger partial charge in [0.25, 0.3) is 0 Å². The van der Waals surface area contributed by atoms with Gasteiger partial charge in [-0.3, -0.25) is 0 Å². The number of aliphatic hydroxyl groups is 1. The first-order valence-corrected chi connectivity index (χ1v) is 6.88. The van der Waals surface area contributed by atoms with Crippen LogP contribution in [-0.4, -0.2) is 54.7 Å². The zero-order valence-electron chi connectivity index (χ0n) is 11.7. The number of hydrogen-bond donors (Lipinski definition) is 1. The van der Waals surface area contributed by atoms with Gasteiger partial charge >= 0.3 is 0 Å². The van der Waals surface area contributed by atoms with E-state index in [2.05, 4.69) is 23.9 Å². The summed E-state index contributed by atoms with van der Waals surface area (Å²) in [5, 5.41) is 10.1. The van der Waals surface area contributed by atoms with E-state index in [-0.39, 0.29) is 5.82 Å². The van der Waals surface area contributed by atoms with Crippen LogP contribution in [0.1, 0.15) is 24.5 Å². The highest BCUT2D eigenvalue weighted by atomic mass is 19.1. The van der Waals surface area contributed by atoms with Gasteiger partial charge in [0, 0.05) is 19.1 Å². The molecule has 0 radical (unpaired) electrons. The van der Waals surface area contributed by atoms with Crippen LogP contribution >= 0.6 is 0 Å². The molecule has 0 amide bonds. The number of benzene rings is 1. The lowest BCUT2D eigenvalue weighted by molar-refractivity contribution is 0.146. The van der Waals surface area contributed by atoms with Gasteiger partial charge < -0.3 is 14.9 Å². The van der Waals surface area contributed by atoms with E-state index in [1.165, 1.54) is 18.6 Å². The molecule has 1 heterocycles. The summed E-state index contributed by atoms with van der Waals surface area (Å²) >= 11 is 0. The Labute approximate surface area is 114 Å². The van der Waals surface area contributed by atoms with Crippen LogP contribution in [0, 0.1) is 5.82 Å². The van der Waals surface area contributed by atoms with E-state index in [1.807, 2.05) is 0 Å². The molecule has 1 aromatic rings. The smallest absolute Gasteiger partial charge is 0.123 e. The lowest BCUT2D eigenvalue weighted by Crippen LogP contribution is -2.32. The Bertz CT molecular complexity index is 411. The van der Waals surface area contributed by atoms with Crippen molar-refractivity contribution in [1.82, 2.24) is 9.80 Å². The number of rotatable bonds is 5. The third-order valence-corrected chi connectivity index (χ3v) is 3.93. The fourth-order valence-corrected chi connectivity index (χ4v) is 2.62. The first kappa shape index (κ1) is 14.4. The van der Waals surface area contributed by atoms with Gasteiger partial charge in [-0.1, -0.05) is 12.1 Å². The summed E-state index contributed by atoms with van der Waals surface area (Å²) in [5.41, 5.74) is 0.670. The average molecular weight is 266 g/mol. The summed E-state index contributed by atoms with van der Waals surface area (Å²) in [6, 6.07) is 6.85. The highest BCUT2D eigenvalue weighted by Gasteiger charge is 2.24. The molecule has 2 unspecified atom stereocenters. The Morgan fingerprint density at radius 2 is 2.26 bits per heavy atom. The number of hydrogen-bond acceptors (Lipinski definition) is 3. The second-order valence-electron chi connectivity index (χ2n) is 5.57. The van der Waals surface area contributed by atoms with Crippen molar-refractivity contribution in [3.63, 3.8) is 0 Å². The Balaban J connectivity index is 1.80. The standard InChI is InChI=1S/C15H23FN2O/c1-17(2)14-6-8-18(11-14)9-7-15(19)12-4-3-5-13(16)10-12/h3-5,10,14-15,19H,6-9,11H2,1-2H3. The molecule has 1 N–H and O–H groups in total. The maximum Gasteiger partial charge on any atom is 0.123 e. The summed E-state index contributed by atoms with van der Waals surface area (Å²) in [5.74, 6) is -0.287. The van der Waals surface area contributed by atoms with Crippen molar-refractivity contribution in [2.45, 2.75) is 25.0 Å². The molecule has 1 aliphatic rings. The molecule has 0 saturated carbocycles. The van der Waals surface area contributed by atoms with Gasteiger partial charge in [0.1, 0.15) is 5.82 Å². The lowest BCUT2D eigenvalue weighted by atomic mass is 10.1. The van der Waals surface area contributed by atoms with Crippen LogP contribution in [0.2, 0.25) is 0 Å². The number of nitrogens with zero attached hydrogens (tertiary/aromatic N) is 2. The van der Waals surface area contributed by atoms with Gasteiger partial charge in [0.05, 0.1) is 6.10 Å². The van der Waals surface area contributed by atoms with E-state index in [4.69, 9.17) is 0 Å². The summed E-state index contributed by atoms with van der Waals surface area (Å²) in [7, 11) is 4.21. The average Bonchev–Trinajstić information content (AvgIpc) is 2.85. The molecule has 0 aliphatic carbocycles. The van der Waals surface area contributed by atoms with Crippen molar-refractivity contribution in [1.29, 1.82) is 0 Å². The van der Waals surface area contributed by atoms with E-state index < -0.39 is 6.10 Å². The summed E-state index contributed by atoms with van der Waals surface area (Å²) in [6.45, 7) is 3.00. The minimum Gasteiger partial charge on any atom is -0.388 e. The topological polar surface area (TPSA) is 26.7 Å². The molecule has 0 aromatic heterocycles. The zero-order chi connectivity index (χ0) is 13.8. The second kappa shape index (κ2) is 6.46. The van der Waals surface area contributed by atoms with Crippen LogP contribution in [0.15, 0.2) is 24.3 Å². The quantitative estimate of drug-likeness (QED) is 0.881. The van der Waals surface area contributed by atoms with Crippen LogP contribution in [0.3, 0.4) is 0 Å². The van der Waals surface area contributed by atoms with Crippen molar-refractivity contribution in [3.05, 3.63) is 35.6 Å². The third-order valence-electron chi connectivity index (χ3n) is 3.93. The van der Waals surface area contributed by atoms with Gasteiger partial charge in [-0.2, -0.15) is 0 Å². The fourth-order valence-electron chi connectivity index (χ4n) is 2.62. The van der Waals surface area contributed by atoms with E-state index in [1.54, 1.807) is 12.1 Å². The summed E-state index contributed by atoms with van der Waals surface area (Å²) in [4.78, 5) is 4.62. The number of likely N-dealkylation sites (tertiary alicyclic amines) is 1. The van der Waals surface area contributed by atoms with Gasteiger partial charge in [-0.05, 0) is 51.2 Å². The van der Waals surface area contributed by atoms with Crippen LogP contribution in [0.4, 0.5) is 4.39 Å². The fraction of sp³-hybridized carbons (Fsp3) is 0.600. The Morgan fingerprint density at radius 1 is 1.47 bits per heavy atom. The molecule has 2 rings (SSSR count). The third kappa shape index (κ3) is 4.00. The number of likely N-dealkylation sites (N-methyl/N-ethyl adjacent to an activating group) is 1. The molecule has 1 aromatic carbocycles. The van der Waals surface area contributed by atoms with E-state index >= 15 is 0 Å². The van der Waals surface area contributed by atoms with E-state index in [0.717, 1.165) is 19.6 Å². The normalized spacial score (nSPS) is 22.1. The highest BCUT2D eigenvalue weighted by molar-refractivity contribution is 5.18. The van der Waals surface area contributed by atoms with Gasteiger partial charge in [-0.25, -0.2) is 4.39 Å². The molecule has 4 heteroatoms. The van der Waals surface area contributed by atoms with Crippen molar-refractivity contribution in [3.8, 4) is 0 Å². The van der Waals surface area contributed by atoms with Crippen LogP contribution in [0.25, 0.3) is 0 Å². The monoisotopic (exact) mass is 266 g/mol. The minimum absolute atomic E-state index is 0.287. The first-order chi connectivity index (χ1) is 9.06. The minimum atomic E-state index is -0.575. The molecule has 0 spiro atoms. The highest BCUT2D eigenvalue weighted by Crippen LogP contribution is 2.20. The van der Waals surface area contributed by atoms with Gasteiger partial charge in [0.2, 0.25) is 0 Å². The molecule has 106 valence electrons. The SMILES string of the molecule is CN(C)C1CCN(CCC(O)c2cccc(F)c2)C1. The molecule has 3 nitrogen and oxygen atoms in total. The molecular formula is C15H23FN2O. The van der Waals surface area contributed by atoms with Crippen molar-refractivity contribution in [2.24, 2.45) is 0 Å². The van der Waals surface area contributed by atoms with Crippen LogP contribution < -0.4 is 0 Å². The van der Waals surface area contributed by atoms with Crippen LogP contribution in [-0.2, 0) is 0 Å². The van der Waals surface area contributed by atoms with Gasteiger partial charge in [-0.15, -0.1) is 0 Å². The van der Waals surface area contributed by atoms with E-state index in [0.29, 0.717) is 18.0 Å². The molecule has 19 heavy (non-hydrogen) atoms. The van der Waals surface area contributed by atoms with E-state index in [9.17, 15) is 9.50 Å². The Hall–Kier alpha value is -0.970. The number of aliphatic hydroxyl groups excluding tert-OH is 1. The molecule has 2 atom stereocenters. The summed E-state index contributed by atoms with van der Waals surface area (Å²) < 4.78 is 13.1. The molecular weight excluding hydrogens is 243 g/mol. The predicted molar refractivity (Wildman–Crippen MR) is 74.5 cm³/mol. The largest absolute Gasteiger partial charge is 0.388 e.